The van der Waals surface area contributed by atoms with E-state index in [9.17, 15) is 15.0 Å². The first-order valence-corrected chi connectivity index (χ1v) is 36.0. The number of amides is 1. The topological polar surface area (TPSA) is 125 Å². The molecule has 1 amide bonds. The van der Waals surface area contributed by atoms with Crippen molar-refractivity contribution >= 4 is 5.91 Å². The maximum Gasteiger partial charge on any atom is 0.220 e. The summed E-state index contributed by atoms with van der Waals surface area (Å²) in [4.78, 5) is 14.0. The number of unbranched alkanes of at least 4 members (excludes halogenated alkanes) is 33. The fraction of sp³-hybridized carbons (Fsp3) is 0.679. The van der Waals surface area contributed by atoms with E-state index in [1.54, 1.807) is 0 Å². The Morgan fingerprint density at radius 2 is 0.739 bits per heavy atom. The molecule has 1 saturated heterocycles. The number of hydrogen-bond acceptors (Lipinski definition) is 9. The number of hydrogen-bond donors (Lipinski definition) is 3. The molecule has 1 heterocycles. The number of carbonyl (C=O) groups is 1. The van der Waals surface area contributed by atoms with Crippen LogP contribution in [0.4, 0.5) is 0 Å². The van der Waals surface area contributed by atoms with E-state index in [2.05, 4.69) is 19.2 Å². The average Bonchev–Trinajstić information content (AvgIpc) is 1.40. The van der Waals surface area contributed by atoms with Crippen molar-refractivity contribution in [3.8, 4) is 0 Å². The normalized spacial score (nSPS) is 17.9. The van der Waals surface area contributed by atoms with Crippen LogP contribution in [0.3, 0.4) is 0 Å². The highest BCUT2D eigenvalue weighted by Gasteiger charge is 2.49. The molecule has 0 radical (unpaired) electrons. The van der Waals surface area contributed by atoms with E-state index in [4.69, 9.17) is 28.4 Å². The fourth-order valence-electron chi connectivity index (χ4n) is 12.3. The van der Waals surface area contributed by atoms with Gasteiger partial charge in [0.1, 0.15) is 30.5 Å². The molecule has 494 valence electrons. The lowest BCUT2D eigenvalue weighted by atomic mass is 9.97. The van der Waals surface area contributed by atoms with Crippen LogP contribution in [-0.4, -0.2) is 78.3 Å². The number of aliphatic hydroxyl groups excluding tert-OH is 2. The van der Waals surface area contributed by atoms with Gasteiger partial charge in [0.15, 0.2) is 6.29 Å². The van der Waals surface area contributed by atoms with Crippen LogP contribution in [0.5, 0.6) is 0 Å². The maximum absolute atomic E-state index is 14.0. The van der Waals surface area contributed by atoms with Gasteiger partial charge in [-0.15, -0.1) is 0 Å². The Morgan fingerprint density at radius 3 is 1.12 bits per heavy atom. The first-order valence-electron chi connectivity index (χ1n) is 36.0. The summed E-state index contributed by atoms with van der Waals surface area (Å²) >= 11 is 0. The molecule has 4 aromatic carbocycles. The monoisotopic (exact) mass is 1220 g/mol. The largest absolute Gasteiger partial charge is 0.390 e. The molecule has 3 unspecified atom stereocenters. The second-order valence-electron chi connectivity index (χ2n) is 25.6. The summed E-state index contributed by atoms with van der Waals surface area (Å²) in [5.41, 5.74) is 3.98. The van der Waals surface area contributed by atoms with Gasteiger partial charge in [-0.25, -0.2) is 0 Å². The van der Waals surface area contributed by atoms with Gasteiger partial charge in [-0.2, -0.15) is 0 Å². The maximum atomic E-state index is 14.0. The molecular formula is C78H123NO9. The smallest absolute Gasteiger partial charge is 0.220 e. The molecule has 0 bridgehead atoms. The van der Waals surface area contributed by atoms with Gasteiger partial charge in [0.25, 0.3) is 0 Å². The van der Waals surface area contributed by atoms with Crippen LogP contribution < -0.4 is 5.32 Å². The molecule has 4 aromatic rings. The van der Waals surface area contributed by atoms with Gasteiger partial charge in [0.05, 0.1) is 51.8 Å². The summed E-state index contributed by atoms with van der Waals surface area (Å²) in [5, 5.41) is 26.9. The fourth-order valence-corrected chi connectivity index (χ4v) is 12.3. The Labute approximate surface area is 535 Å². The van der Waals surface area contributed by atoms with Gasteiger partial charge in [0.2, 0.25) is 5.91 Å². The molecule has 3 N–H and O–H groups in total. The SMILES string of the molecule is CCCCCCCCCCCCCCCCCCCCCCCCCC(=O)N[C@@H](CO[C@H]1OC(COCc2ccccc2)[C@H](OCc2ccccc2)C(OCc2ccccc2)C1OCc1ccccc1)[C@H](O)[C@H](O)CCCCCCCCCCCCCC. The molecule has 0 saturated carbocycles. The van der Waals surface area contributed by atoms with Gasteiger partial charge in [-0.05, 0) is 35.1 Å². The van der Waals surface area contributed by atoms with Crippen LogP contribution in [0.1, 0.15) is 274 Å². The number of nitrogens with one attached hydrogen (secondary N) is 1. The highest BCUT2D eigenvalue weighted by molar-refractivity contribution is 5.76. The highest BCUT2D eigenvalue weighted by atomic mass is 16.7. The van der Waals surface area contributed by atoms with Crippen molar-refractivity contribution in [2.45, 2.75) is 327 Å². The third-order valence-electron chi connectivity index (χ3n) is 17.8. The number of carbonyl (C=O) groups excluding carboxylic acids is 1. The average molecular weight is 1220 g/mol. The lowest BCUT2D eigenvalue weighted by molar-refractivity contribution is -0.330. The number of aliphatic hydroxyl groups is 2. The molecule has 8 atom stereocenters. The Kier molecular flexibility index (Phi) is 43.0. The van der Waals surface area contributed by atoms with Crippen molar-refractivity contribution in [1.82, 2.24) is 5.32 Å². The summed E-state index contributed by atoms with van der Waals surface area (Å²) in [7, 11) is 0. The van der Waals surface area contributed by atoms with Gasteiger partial charge < -0.3 is 44.0 Å². The van der Waals surface area contributed by atoms with Crippen molar-refractivity contribution in [2.75, 3.05) is 13.2 Å². The molecule has 5 rings (SSSR count). The van der Waals surface area contributed by atoms with Gasteiger partial charge in [-0.1, -0.05) is 353 Å². The predicted octanol–water partition coefficient (Wildman–Crippen LogP) is 19.4. The van der Waals surface area contributed by atoms with Crippen molar-refractivity contribution < 1.29 is 43.4 Å². The van der Waals surface area contributed by atoms with Crippen molar-refractivity contribution in [1.29, 1.82) is 0 Å². The summed E-state index contributed by atoms with van der Waals surface area (Å²) in [6.45, 7) is 5.74. The molecule has 10 heteroatoms. The van der Waals surface area contributed by atoms with E-state index in [1.165, 1.54) is 186 Å². The molecule has 88 heavy (non-hydrogen) atoms. The zero-order chi connectivity index (χ0) is 62.0. The van der Waals surface area contributed by atoms with Crippen LogP contribution in [0, 0.1) is 0 Å². The van der Waals surface area contributed by atoms with Crippen LogP contribution in [0.2, 0.25) is 0 Å². The molecule has 1 aliphatic rings. The lowest BCUT2D eigenvalue weighted by Gasteiger charge is -2.46. The Balaban J connectivity index is 1.18. The zero-order valence-electron chi connectivity index (χ0n) is 55.3. The van der Waals surface area contributed by atoms with Crippen LogP contribution in [-0.2, 0) is 59.6 Å². The number of benzene rings is 4. The predicted molar refractivity (Wildman–Crippen MR) is 362 cm³/mol. The van der Waals surface area contributed by atoms with Crippen LogP contribution in [0.15, 0.2) is 121 Å². The molecule has 1 aliphatic heterocycles. The van der Waals surface area contributed by atoms with E-state index in [0.717, 1.165) is 60.8 Å². The van der Waals surface area contributed by atoms with E-state index < -0.39 is 49.0 Å². The van der Waals surface area contributed by atoms with Crippen molar-refractivity contribution in [3.05, 3.63) is 144 Å². The summed E-state index contributed by atoms with van der Waals surface area (Å²) in [6, 6.07) is 39.2. The summed E-state index contributed by atoms with van der Waals surface area (Å²) < 4.78 is 41.1. The molecule has 1 fully saturated rings. The van der Waals surface area contributed by atoms with Crippen molar-refractivity contribution in [3.63, 3.8) is 0 Å². The molecule has 0 spiro atoms. The van der Waals surface area contributed by atoms with E-state index in [0.29, 0.717) is 26.1 Å². The first-order chi connectivity index (χ1) is 43.4. The van der Waals surface area contributed by atoms with Gasteiger partial charge >= 0.3 is 0 Å². The second-order valence-corrected chi connectivity index (χ2v) is 25.6. The van der Waals surface area contributed by atoms with Crippen molar-refractivity contribution in [2.24, 2.45) is 0 Å². The molecular weight excluding hydrogens is 1090 g/mol. The van der Waals surface area contributed by atoms with Crippen LogP contribution in [0.25, 0.3) is 0 Å². The minimum atomic E-state index is -1.28. The Bertz CT molecular complexity index is 2190. The minimum absolute atomic E-state index is 0.143. The minimum Gasteiger partial charge on any atom is -0.390 e. The zero-order valence-corrected chi connectivity index (χ0v) is 55.3. The standard InChI is InChI=1S/C78H123NO9/c1-3-5-7-9-11-13-15-17-18-19-20-21-22-23-24-25-26-27-29-31-33-35-49-59-73(81)79-70(74(82)71(80)58-48-34-32-30-28-16-14-12-10-8-6-4-2)64-87-78-77(86-63-69-56-46-39-47-57-69)76(85-62-68-54-44-38-45-55-68)75(84-61-67-52-42-37-43-53-67)72(88-78)65-83-60-66-50-40-36-41-51-66/h36-47,50-57,70-72,74-78,80,82H,3-35,48-49,58-65H2,1-2H3,(H,79,81)/t70-,71+,72?,74-,75-,76?,77?,78-/m0/s1. The highest BCUT2D eigenvalue weighted by Crippen LogP contribution is 2.32. The Hall–Kier alpha value is -3.97. The van der Waals surface area contributed by atoms with E-state index in [1.807, 2.05) is 121 Å². The van der Waals surface area contributed by atoms with Gasteiger partial charge in [0, 0.05) is 6.42 Å². The number of ether oxygens (including phenoxy) is 6. The third-order valence-corrected chi connectivity index (χ3v) is 17.8. The molecule has 0 aliphatic carbocycles. The van der Waals surface area contributed by atoms with Crippen LogP contribution >= 0.6 is 0 Å². The quantitative estimate of drug-likeness (QED) is 0.0371. The lowest BCUT2D eigenvalue weighted by Crippen LogP contribution is -2.62. The van der Waals surface area contributed by atoms with E-state index >= 15 is 0 Å². The van der Waals surface area contributed by atoms with Gasteiger partial charge in [-0.3, -0.25) is 4.79 Å². The third kappa shape index (κ3) is 34.5. The molecule has 0 aromatic heterocycles. The number of rotatable bonds is 56. The van der Waals surface area contributed by atoms with E-state index in [-0.39, 0.29) is 32.3 Å². The molecule has 10 nitrogen and oxygen atoms in total. The summed E-state index contributed by atoms with van der Waals surface area (Å²) in [5.74, 6) is -0.166. The first kappa shape index (κ1) is 74.8. The second kappa shape index (κ2) is 50.6. The summed E-state index contributed by atoms with van der Waals surface area (Å²) in [6.07, 6.45) is 39.3. The Morgan fingerprint density at radius 1 is 0.409 bits per heavy atom.